The first kappa shape index (κ1) is 19.3. The molecule has 1 aromatic rings. The molecule has 0 saturated carbocycles. The molecule has 0 amide bonds. The molecular weight excluding hydrogens is 315 g/mol. The summed E-state index contributed by atoms with van der Waals surface area (Å²) < 4.78 is 9.75. The maximum Gasteiger partial charge on any atom is 0.337 e. The van der Waals surface area contributed by atoms with Gasteiger partial charge in [0.2, 0.25) is 0 Å². The molecule has 0 fully saturated rings. The van der Waals surface area contributed by atoms with Crippen molar-refractivity contribution >= 4 is 26.5 Å². The molecule has 126 valence electrons. The monoisotopic (exact) mass is 338 g/mol. The summed E-state index contributed by atoms with van der Waals surface area (Å²) in [5, 5.41) is 0. The van der Waals surface area contributed by atoms with Crippen molar-refractivity contribution in [1.29, 1.82) is 0 Å². The number of hydrogen-bond acceptors (Lipinski definition) is 5. The van der Waals surface area contributed by atoms with E-state index in [1.165, 1.54) is 19.2 Å². The Morgan fingerprint density at radius 3 is 1.83 bits per heavy atom. The first-order valence-electron chi connectivity index (χ1n) is 7.20. The number of methoxy groups -OCH3 is 1. The molecule has 0 saturated heterocycles. The molecule has 1 unspecified atom stereocenters. The fourth-order valence-electron chi connectivity index (χ4n) is 2.00. The number of esters is 1. The number of carbonyl (C=O) groups excluding carboxylic acids is 3. The van der Waals surface area contributed by atoms with Crippen LogP contribution in [-0.4, -0.2) is 31.5 Å². The number of benzene rings is 1. The van der Waals surface area contributed by atoms with Crippen molar-refractivity contribution < 1.29 is 23.6 Å². The lowest BCUT2D eigenvalue weighted by atomic mass is 9.64. The molecule has 0 aromatic heterocycles. The molecule has 6 heteroatoms. The summed E-state index contributed by atoms with van der Waals surface area (Å²) in [6.45, 7) is 8.62. The lowest BCUT2D eigenvalue weighted by Crippen LogP contribution is -2.45. The van der Waals surface area contributed by atoms with Crippen molar-refractivity contribution in [1.82, 2.24) is 0 Å². The minimum Gasteiger partial charge on any atom is -0.465 e. The van der Waals surface area contributed by atoms with Gasteiger partial charge < -0.3 is 9.26 Å². The van der Waals surface area contributed by atoms with Crippen molar-refractivity contribution in [2.24, 2.45) is 10.8 Å². The predicted molar refractivity (Wildman–Crippen MR) is 90.0 cm³/mol. The quantitative estimate of drug-likeness (QED) is 0.451. The Labute approximate surface area is 138 Å². The van der Waals surface area contributed by atoms with Crippen molar-refractivity contribution in [3.8, 4) is 0 Å². The van der Waals surface area contributed by atoms with Crippen molar-refractivity contribution in [2.45, 2.75) is 27.7 Å². The molecule has 0 N–H and O–H groups in total. The van der Waals surface area contributed by atoms with Crippen LogP contribution in [0.15, 0.2) is 24.3 Å². The van der Waals surface area contributed by atoms with E-state index in [0.717, 1.165) is 0 Å². The second kappa shape index (κ2) is 7.22. The third kappa shape index (κ3) is 3.78. The van der Waals surface area contributed by atoms with E-state index in [-0.39, 0.29) is 14.6 Å². The van der Waals surface area contributed by atoms with Gasteiger partial charge in [-0.25, -0.2) is 4.79 Å². The minimum atomic E-state index is -0.978. The highest BCUT2D eigenvalue weighted by Gasteiger charge is 2.49. The van der Waals surface area contributed by atoms with E-state index in [4.69, 9.17) is 4.52 Å². The van der Waals surface area contributed by atoms with Gasteiger partial charge in [0.05, 0.1) is 26.9 Å². The summed E-state index contributed by atoms with van der Waals surface area (Å²) in [5.41, 5.74) is -1.14. The van der Waals surface area contributed by atoms with Crippen LogP contribution in [-0.2, 0) is 14.1 Å². The number of rotatable bonds is 6. The van der Waals surface area contributed by atoms with Crippen LogP contribution >= 0.6 is 8.81 Å². The Kier molecular flexibility index (Phi) is 6.06. The molecule has 0 spiro atoms. The standard InChI is InChI=1S/C17H23O5P/c1-16(2,17(3,4)15(20)22-23-6)13(18)11-7-9-12(10-8-11)14(19)21-5/h7-10,23H,1-6H3. The van der Waals surface area contributed by atoms with Gasteiger partial charge in [-0.1, -0.05) is 26.0 Å². The van der Waals surface area contributed by atoms with Gasteiger partial charge in [-0.3, -0.25) is 9.59 Å². The smallest absolute Gasteiger partial charge is 0.337 e. The van der Waals surface area contributed by atoms with Gasteiger partial charge in [0.25, 0.3) is 0 Å². The first-order chi connectivity index (χ1) is 10.6. The van der Waals surface area contributed by atoms with Crippen molar-refractivity contribution in [2.75, 3.05) is 13.8 Å². The number of carbonyl (C=O) groups is 3. The molecule has 0 heterocycles. The predicted octanol–water partition coefficient (Wildman–Crippen LogP) is 3.47. The van der Waals surface area contributed by atoms with Crippen LogP contribution in [0.25, 0.3) is 0 Å². The zero-order chi connectivity index (χ0) is 17.8. The van der Waals surface area contributed by atoms with E-state index in [2.05, 4.69) is 4.74 Å². The van der Waals surface area contributed by atoms with Gasteiger partial charge in [-0.2, -0.15) is 0 Å². The van der Waals surface area contributed by atoms with Crippen LogP contribution < -0.4 is 0 Å². The SMILES string of the molecule is COC(=O)c1ccc(C(=O)C(C)(C)C(C)(C)C(=O)OPC)cc1. The Morgan fingerprint density at radius 1 is 0.913 bits per heavy atom. The van der Waals surface area contributed by atoms with E-state index >= 15 is 0 Å². The first-order valence-corrected chi connectivity index (χ1v) is 8.61. The number of ether oxygens (including phenoxy) is 1. The number of hydrogen-bond donors (Lipinski definition) is 0. The van der Waals surface area contributed by atoms with E-state index in [9.17, 15) is 14.4 Å². The average molecular weight is 338 g/mol. The molecule has 23 heavy (non-hydrogen) atoms. The summed E-state index contributed by atoms with van der Waals surface area (Å²) >= 11 is 0. The van der Waals surface area contributed by atoms with Gasteiger partial charge in [0.15, 0.2) is 5.78 Å². The number of Topliss-reactive ketones (excluding diaryl/α,β-unsaturated/α-hetero) is 1. The van der Waals surface area contributed by atoms with E-state index < -0.39 is 22.8 Å². The Bertz CT molecular complexity index is 602. The summed E-state index contributed by atoms with van der Waals surface area (Å²) in [4.78, 5) is 36.5. The molecule has 0 radical (unpaired) electrons. The normalized spacial score (nSPS) is 12.3. The molecule has 5 nitrogen and oxygen atoms in total. The topological polar surface area (TPSA) is 69.7 Å². The van der Waals surface area contributed by atoms with Crippen LogP contribution in [0, 0.1) is 10.8 Å². The average Bonchev–Trinajstić information content (AvgIpc) is 2.53. The van der Waals surface area contributed by atoms with E-state index in [0.29, 0.717) is 11.1 Å². The Hall–Kier alpha value is -1.74. The lowest BCUT2D eigenvalue weighted by Gasteiger charge is -2.37. The molecule has 1 aromatic carbocycles. The summed E-state index contributed by atoms with van der Waals surface area (Å²) in [5.74, 6) is -1.05. The minimum absolute atomic E-state index is 0.0338. The lowest BCUT2D eigenvalue weighted by molar-refractivity contribution is -0.147. The third-order valence-electron chi connectivity index (χ3n) is 4.40. The van der Waals surface area contributed by atoms with Crippen LogP contribution in [0.5, 0.6) is 0 Å². The van der Waals surface area contributed by atoms with Crippen molar-refractivity contribution in [3.05, 3.63) is 35.4 Å². The van der Waals surface area contributed by atoms with Crippen LogP contribution in [0.4, 0.5) is 0 Å². The zero-order valence-corrected chi connectivity index (χ0v) is 15.4. The number of ketones is 1. The van der Waals surface area contributed by atoms with Gasteiger partial charge in [-0.05, 0) is 32.6 Å². The third-order valence-corrected chi connectivity index (χ3v) is 4.79. The molecule has 0 aliphatic carbocycles. The molecule has 0 aliphatic rings. The van der Waals surface area contributed by atoms with E-state index in [1.807, 2.05) is 0 Å². The maximum atomic E-state index is 12.9. The van der Waals surface area contributed by atoms with Gasteiger partial charge in [0, 0.05) is 11.0 Å². The second-order valence-corrected chi connectivity index (χ2v) is 6.85. The summed E-state index contributed by atoms with van der Waals surface area (Å²) in [6, 6.07) is 6.21. The van der Waals surface area contributed by atoms with Gasteiger partial charge >= 0.3 is 11.9 Å². The second-order valence-electron chi connectivity index (χ2n) is 6.24. The molecule has 0 bridgehead atoms. The highest BCUT2D eigenvalue weighted by atomic mass is 31.1. The highest BCUT2D eigenvalue weighted by Crippen LogP contribution is 2.43. The zero-order valence-electron chi connectivity index (χ0n) is 14.4. The molecular formula is C17H23O5P. The van der Waals surface area contributed by atoms with E-state index in [1.54, 1.807) is 46.5 Å². The maximum absolute atomic E-state index is 12.9. The molecule has 1 atom stereocenters. The van der Waals surface area contributed by atoms with Gasteiger partial charge in [0.1, 0.15) is 0 Å². The van der Waals surface area contributed by atoms with Crippen LogP contribution in [0.1, 0.15) is 48.4 Å². The molecule has 1 rings (SSSR count). The van der Waals surface area contributed by atoms with Crippen molar-refractivity contribution in [3.63, 3.8) is 0 Å². The van der Waals surface area contributed by atoms with Crippen LogP contribution in [0.2, 0.25) is 0 Å². The van der Waals surface area contributed by atoms with Crippen LogP contribution in [0.3, 0.4) is 0 Å². The summed E-state index contributed by atoms with van der Waals surface area (Å²) in [7, 11) is 1.33. The fraction of sp³-hybridized carbons (Fsp3) is 0.471. The van der Waals surface area contributed by atoms with Gasteiger partial charge in [-0.15, -0.1) is 0 Å². The summed E-state index contributed by atoms with van der Waals surface area (Å²) in [6.07, 6.45) is 0. The fourth-order valence-corrected chi connectivity index (χ4v) is 2.44. The Morgan fingerprint density at radius 2 is 1.39 bits per heavy atom. The highest BCUT2D eigenvalue weighted by molar-refractivity contribution is 7.31. The largest absolute Gasteiger partial charge is 0.465 e. The Balaban J connectivity index is 3.11. The molecule has 0 aliphatic heterocycles.